The fourth-order valence-corrected chi connectivity index (χ4v) is 3.66. The number of rotatable bonds is 6. The maximum atomic E-state index is 12.7. The summed E-state index contributed by atoms with van der Waals surface area (Å²) in [6.45, 7) is 3.32. The third-order valence-corrected chi connectivity index (χ3v) is 5.50. The van der Waals surface area contributed by atoms with Crippen LogP contribution < -0.4 is 10.1 Å². The molecule has 3 rings (SSSR count). The topological polar surface area (TPSA) is 68.3 Å². The zero-order valence-electron chi connectivity index (χ0n) is 16.1. The van der Waals surface area contributed by atoms with Crippen molar-refractivity contribution in [2.75, 3.05) is 5.32 Å². The predicted octanol–water partition coefficient (Wildman–Crippen LogP) is 6.29. The number of ketones is 1. The third kappa shape index (κ3) is 5.47. The van der Waals surface area contributed by atoms with Crippen molar-refractivity contribution in [3.05, 3.63) is 86.0 Å². The van der Waals surface area contributed by atoms with E-state index in [4.69, 9.17) is 16.3 Å². The monoisotopic (exact) mass is 550 g/mol. The summed E-state index contributed by atoms with van der Waals surface area (Å²) in [6.07, 6.45) is 0. The Morgan fingerprint density at radius 2 is 1.50 bits per heavy atom. The molecule has 0 bridgehead atoms. The molecule has 0 fully saturated rings. The number of carbonyl (C=O) groups is 2. The van der Waals surface area contributed by atoms with Crippen molar-refractivity contribution in [1.29, 1.82) is 0 Å². The Labute approximate surface area is 196 Å². The molecule has 1 aromatic heterocycles. The first-order chi connectivity index (χ1) is 14.2. The molecule has 0 atom stereocenters. The van der Waals surface area contributed by atoms with Crippen LogP contribution in [0, 0.1) is 0 Å². The fourth-order valence-electron chi connectivity index (χ4n) is 2.56. The second-order valence-corrected chi connectivity index (χ2v) is 8.90. The number of amides is 1. The van der Waals surface area contributed by atoms with E-state index in [-0.39, 0.29) is 11.7 Å². The lowest BCUT2D eigenvalue weighted by molar-refractivity contribution is -0.128. The number of nitrogens with one attached hydrogen (secondary N) is 1. The molecule has 30 heavy (non-hydrogen) atoms. The van der Waals surface area contributed by atoms with Gasteiger partial charge < -0.3 is 10.1 Å². The van der Waals surface area contributed by atoms with Gasteiger partial charge >= 0.3 is 0 Å². The number of anilines is 1. The van der Waals surface area contributed by atoms with Crippen molar-refractivity contribution < 1.29 is 14.3 Å². The third-order valence-electron chi connectivity index (χ3n) is 4.21. The van der Waals surface area contributed by atoms with Crippen molar-refractivity contribution >= 4 is 60.8 Å². The Kier molecular flexibility index (Phi) is 6.95. The van der Waals surface area contributed by atoms with Crippen molar-refractivity contribution in [3.63, 3.8) is 0 Å². The first kappa shape index (κ1) is 22.5. The molecule has 0 saturated carbocycles. The smallest absolute Gasteiger partial charge is 0.268 e. The normalized spacial score (nSPS) is 11.1. The molecule has 0 aliphatic heterocycles. The molecule has 0 aliphatic carbocycles. The first-order valence-corrected chi connectivity index (χ1v) is 10.8. The summed E-state index contributed by atoms with van der Waals surface area (Å²) in [4.78, 5) is 29.4. The average Bonchev–Trinajstić information content (AvgIpc) is 2.70. The average molecular weight is 553 g/mol. The molecule has 2 aromatic carbocycles. The lowest BCUT2D eigenvalue weighted by Gasteiger charge is -2.25. The van der Waals surface area contributed by atoms with Gasteiger partial charge in [0, 0.05) is 16.1 Å². The van der Waals surface area contributed by atoms with Gasteiger partial charge in [0.05, 0.1) is 5.69 Å². The Morgan fingerprint density at radius 1 is 0.933 bits per heavy atom. The molecule has 0 aliphatic rings. The zero-order valence-corrected chi connectivity index (χ0v) is 20.0. The van der Waals surface area contributed by atoms with Crippen LogP contribution in [0.2, 0.25) is 5.02 Å². The highest BCUT2D eigenvalue weighted by Crippen LogP contribution is 2.26. The van der Waals surface area contributed by atoms with Gasteiger partial charge in [-0.1, -0.05) is 11.6 Å². The second kappa shape index (κ2) is 9.29. The number of hydrogen-bond donors (Lipinski definition) is 1. The van der Waals surface area contributed by atoms with Gasteiger partial charge in [0.15, 0.2) is 11.4 Å². The zero-order chi connectivity index (χ0) is 21.9. The number of ether oxygens (including phenoxy) is 1. The number of hydrogen-bond acceptors (Lipinski definition) is 4. The number of pyridine rings is 1. The summed E-state index contributed by atoms with van der Waals surface area (Å²) >= 11 is 12.5. The van der Waals surface area contributed by atoms with E-state index >= 15 is 0 Å². The van der Waals surface area contributed by atoms with Crippen LogP contribution in [0.5, 0.6) is 5.75 Å². The van der Waals surface area contributed by atoms with E-state index in [0.29, 0.717) is 36.8 Å². The van der Waals surface area contributed by atoms with Gasteiger partial charge in [0.25, 0.3) is 5.91 Å². The van der Waals surface area contributed by atoms with Gasteiger partial charge in [-0.25, -0.2) is 4.98 Å². The lowest BCUT2D eigenvalue weighted by atomic mass is 10.0. The van der Waals surface area contributed by atoms with Crippen molar-refractivity contribution in [1.82, 2.24) is 4.98 Å². The van der Waals surface area contributed by atoms with Crippen LogP contribution in [0.4, 0.5) is 5.69 Å². The first-order valence-electron chi connectivity index (χ1n) is 8.88. The van der Waals surface area contributed by atoms with Gasteiger partial charge in [-0.05, 0) is 106 Å². The molecule has 154 valence electrons. The van der Waals surface area contributed by atoms with Gasteiger partial charge in [-0.2, -0.15) is 0 Å². The molecule has 8 heteroatoms. The highest BCUT2D eigenvalue weighted by molar-refractivity contribution is 9.11. The molecule has 5 nitrogen and oxygen atoms in total. The highest BCUT2D eigenvalue weighted by atomic mass is 79.9. The van der Waals surface area contributed by atoms with Gasteiger partial charge in [-0.15, -0.1) is 0 Å². The van der Waals surface area contributed by atoms with Gasteiger partial charge in [0.2, 0.25) is 0 Å². The van der Waals surface area contributed by atoms with E-state index in [2.05, 4.69) is 42.2 Å². The number of carbonyl (C=O) groups excluding carboxylic acids is 2. The van der Waals surface area contributed by atoms with Crippen LogP contribution in [0.3, 0.4) is 0 Å². The number of aromatic nitrogens is 1. The number of halogens is 3. The number of nitrogens with zero attached hydrogens (tertiary/aromatic N) is 1. The van der Waals surface area contributed by atoms with Gasteiger partial charge in [-0.3, -0.25) is 9.59 Å². The summed E-state index contributed by atoms with van der Waals surface area (Å²) < 4.78 is 7.02. The van der Waals surface area contributed by atoms with Crippen LogP contribution in [0.1, 0.15) is 29.8 Å². The Balaban J connectivity index is 1.69. The number of benzene rings is 2. The van der Waals surface area contributed by atoms with Crippen LogP contribution in [-0.4, -0.2) is 22.3 Å². The largest absolute Gasteiger partial charge is 0.478 e. The maximum Gasteiger partial charge on any atom is 0.268 e. The molecule has 0 unspecified atom stereocenters. The molecule has 0 spiro atoms. The maximum absolute atomic E-state index is 12.7. The molecular weight excluding hydrogens is 536 g/mol. The summed E-state index contributed by atoms with van der Waals surface area (Å²) in [6, 6.07) is 16.8. The molecule has 1 N–H and O–H groups in total. The van der Waals surface area contributed by atoms with E-state index in [1.165, 1.54) is 0 Å². The molecule has 0 radical (unpaired) electrons. The fraction of sp³-hybridized carbons (Fsp3) is 0.136. The Bertz CT molecular complexity index is 1080. The van der Waals surface area contributed by atoms with Gasteiger partial charge in [0.1, 0.15) is 15.0 Å². The second-order valence-electron chi connectivity index (χ2n) is 6.90. The Hall–Kier alpha value is -2.22. The molecular formula is C22H17Br2ClN2O3. The summed E-state index contributed by atoms with van der Waals surface area (Å²) in [5.74, 6) is 0.00671. The highest BCUT2D eigenvalue weighted by Gasteiger charge is 2.30. The van der Waals surface area contributed by atoms with Crippen molar-refractivity contribution in [2.24, 2.45) is 0 Å². The quantitative estimate of drug-likeness (QED) is 0.288. The van der Waals surface area contributed by atoms with Crippen molar-refractivity contribution in [2.45, 2.75) is 19.4 Å². The summed E-state index contributed by atoms with van der Waals surface area (Å²) in [7, 11) is 0. The molecule has 3 aromatic rings. The van der Waals surface area contributed by atoms with E-state index in [9.17, 15) is 9.59 Å². The van der Waals surface area contributed by atoms with Crippen LogP contribution in [0.25, 0.3) is 0 Å². The van der Waals surface area contributed by atoms with Crippen LogP contribution in [-0.2, 0) is 4.79 Å². The predicted molar refractivity (Wildman–Crippen MR) is 124 cm³/mol. The minimum Gasteiger partial charge on any atom is -0.478 e. The van der Waals surface area contributed by atoms with E-state index < -0.39 is 5.60 Å². The SMILES string of the molecule is CC(C)(Oc1ccc(C(=O)c2ccc(Cl)cc2)cc1)C(=O)Nc1ccc(Br)nc1Br. The Morgan fingerprint density at radius 3 is 2.07 bits per heavy atom. The lowest BCUT2D eigenvalue weighted by Crippen LogP contribution is -2.42. The summed E-state index contributed by atoms with van der Waals surface area (Å²) in [5.41, 5.74) is 0.427. The van der Waals surface area contributed by atoms with E-state index in [1.807, 2.05) is 0 Å². The minimum atomic E-state index is -1.16. The van der Waals surface area contributed by atoms with Crippen LogP contribution >= 0.6 is 43.5 Å². The molecule has 0 saturated heterocycles. The summed E-state index contributed by atoms with van der Waals surface area (Å²) in [5, 5.41) is 3.37. The van der Waals surface area contributed by atoms with Crippen LogP contribution in [0.15, 0.2) is 69.9 Å². The minimum absolute atomic E-state index is 0.122. The standard InChI is InChI=1S/C22H17Br2ClN2O3/c1-22(2,21(29)26-17-11-12-18(23)27-20(17)24)30-16-9-5-14(6-10-16)19(28)13-3-7-15(25)8-4-13/h3-12H,1-2H3,(H,26,29). The van der Waals surface area contributed by atoms with E-state index in [0.717, 1.165) is 0 Å². The molecule has 1 heterocycles. The van der Waals surface area contributed by atoms with E-state index in [1.54, 1.807) is 74.5 Å². The molecule has 1 amide bonds. The van der Waals surface area contributed by atoms with Crippen molar-refractivity contribution in [3.8, 4) is 5.75 Å².